The van der Waals surface area contributed by atoms with E-state index in [0.717, 1.165) is 10.5 Å². The maximum Gasteiger partial charge on any atom is 0.266 e. The van der Waals surface area contributed by atoms with Crippen LogP contribution in [-0.4, -0.2) is 36.1 Å². The third kappa shape index (κ3) is 4.55. The molecule has 10 nitrogen and oxygen atoms in total. The molecule has 0 atom stereocenters. The molecule has 1 aliphatic rings. The highest BCUT2D eigenvalue weighted by atomic mass is 32.2. The summed E-state index contributed by atoms with van der Waals surface area (Å²) >= 11 is 0. The van der Waals surface area contributed by atoms with Gasteiger partial charge in [-0.2, -0.15) is 0 Å². The minimum Gasteiger partial charge on any atom is -0.322 e. The Morgan fingerprint density at radius 2 is 1.51 bits per heavy atom. The number of benzene rings is 3. The Bertz CT molecular complexity index is 1650. The quantitative estimate of drug-likeness (QED) is 0.375. The van der Waals surface area contributed by atoms with Gasteiger partial charge in [0.25, 0.3) is 27.7 Å². The first-order chi connectivity index (χ1) is 17.7. The van der Waals surface area contributed by atoms with Crippen LogP contribution in [0.2, 0.25) is 0 Å². The van der Waals surface area contributed by atoms with Crippen molar-refractivity contribution in [2.45, 2.75) is 11.8 Å². The van der Waals surface area contributed by atoms with Gasteiger partial charge < -0.3 is 5.32 Å². The number of fused-ring (bicyclic) bond motifs is 1. The summed E-state index contributed by atoms with van der Waals surface area (Å²) in [6.07, 6.45) is 2.82. The van der Waals surface area contributed by atoms with E-state index in [0.29, 0.717) is 11.4 Å². The average Bonchev–Trinajstić information content (AvgIpc) is 3.14. The number of amides is 3. The third-order valence-electron chi connectivity index (χ3n) is 5.72. The van der Waals surface area contributed by atoms with E-state index in [1.807, 2.05) is 6.07 Å². The molecule has 0 saturated heterocycles. The Hall–Kier alpha value is -4.90. The molecule has 2 heterocycles. The molecule has 0 saturated carbocycles. The molecule has 1 aromatic heterocycles. The molecule has 2 N–H and O–H groups in total. The normalized spacial score (nSPS) is 12.8. The molecule has 37 heavy (non-hydrogen) atoms. The summed E-state index contributed by atoms with van der Waals surface area (Å²) in [6.45, 7) is 1.81. The van der Waals surface area contributed by atoms with E-state index in [-0.39, 0.29) is 27.5 Å². The van der Waals surface area contributed by atoms with Gasteiger partial charge in [-0.1, -0.05) is 18.2 Å². The summed E-state index contributed by atoms with van der Waals surface area (Å²) < 4.78 is 27.3. The van der Waals surface area contributed by atoms with E-state index in [9.17, 15) is 22.8 Å². The lowest BCUT2D eigenvalue weighted by atomic mass is 10.1. The molecule has 3 aromatic carbocycles. The molecule has 5 rings (SSSR count). The molecule has 0 bridgehead atoms. The number of carbonyl (C=O) groups is 3. The molecule has 11 heteroatoms. The van der Waals surface area contributed by atoms with Gasteiger partial charge in [0, 0.05) is 23.6 Å². The molecule has 0 fully saturated rings. The van der Waals surface area contributed by atoms with Crippen molar-refractivity contribution in [1.29, 1.82) is 0 Å². The molecule has 3 amide bonds. The first kappa shape index (κ1) is 23.8. The van der Waals surface area contributed by atoms with E-state index in [4.69, 9.17) is 0 Å². The van der Waals surface area contributed by atoms with Crippen LogP contribution in [0.5, 0.6) is 0 Å². The zero-order valence-corrected chi connectivity index (χ0v) is 20.2. The van der Waals surface area contributed by atoms with Gasteiger partial charge in [-0.05, 0) is 67.1 Å². The predicted molar refractivity (Wildman–Crippen MR) is 136 cm³/mol. The van der Waals surface area contributed by atoms with Crippen LogP contribution in [-0.2, 0) is 10.0 Å². The minimum absolute atomic E-state index is 0.0455. The molecule has 4 aromatic rings. The van der Waals surface area contributed by atoms with Crippen LogP contribution in [0.25, 0.3) is 0 Å². The van der Waals surface area contributed by atoms with Gasteiger partial charge >= 0.3 is 0 Å². The van der Waals surface area contributed by atoms with E-state index >= 15 is 0 Å². The number of nitrogens with one attached hydrogen (secondary N) is 2. The van der Waals surface area contributed by atoms with Crippen molar-refractivity contribution in [3.63, 3.8) is 0 Å². The van der Waals surface area contributed by atoms with Gasteiger partial charge in [0.05, 0.1) is 21.7 Å². The monoisotopic (exact) mass is 513 g/mol. The van der Waals surface area contributed by atoms with Crippen molar-refractivity contribution in [3.8, 4) is 0 Å². The summed E-state index contributed by atoms with van der Waals surface area (Å²) in [5, 5.41) is 2.67. The predicted octanol–water partition coefficient (Wildman–Crippen LogP) is 3.64. The second-order valence-electron chi connectivity index (χ2n) is 8.15. The lowest BCUT2D eigenvalue weighted by Crippen LogP contribution is -2.29. The van der Waals surface area contributed by atoms with E-state index in [1.165, 1.54) is 54.9 Å². The molecule has 0 unspecified atom stereocenters. The molecular formula is C26H19N5O5S. The number of hydrogen-bond donors (Lipinski definition) is 2. The first-order valence-corrected chi connectivity index (χ1v) is 12.5. The van der Waals surface area contributed by atoms with Crippen LogP contribution in [0.15, 0.2) is 90.1 Å². The summed E-state index contributed by atoms with van der Waals surface area (Å²) in [4.78, 5) is 47.6. The Morgan fingerprint density at radius 1 is 0.838 bits per heavy atom. The van der Waals surface area contributed by atoms with Crippen LogP contribution in [0.4, 0.5) is 17.3 Å². The van der Waals surface area contributed by atoms with Crippen molar-refractivity contribution in [2.24, 2.45) is 0 Å². The summed E-state index contributed by atoms with van der Waals surface area (Å²) in [5.74, 6) is -1.55. The topological polar surface area (TPSA) is 138 Å². The summed E-state index contributed by atoms with van der Waals surface area (Å²) in [7, 11) is -3.92. The molecule has 1 aliphatic heterocycles. The van der Waals surface area contributed by atoms with Crippen molar-refractivity contribution in [3.05, 3.63) is 107 Å². The Morgan fingerprint density at radius 3 is 2.22 bits per heavy atom. The summed E-state index contributed by atoms with van der Waals surface area (Å²) in [6, 6.07) is 18.4. The third-order valence-corrected chi connectivity index (χ3v) is 7.06. The minimum atomic E-state index is -3.92. The number of rotatable bonds is 6. The van der Waals surface area contributed by atoms with Crippen molar-refractivity contribution in [1.82, 2.24) is 9.97 Å². The number of aromatic nitrogens is 2. The van der Waals surface area contributed by atoms with E-state index in [1.54, 1.807) is 31.2 Å². The Balaban J connectivity index is 1.32. The van der Waals surface area contributed by atoms with Crippen LogP contribution in [0.3, 0.4) is 0 Å². The highest BCUT2D eigenvalue weighted by molar-refractivity contribution is 7.92. The van der Waals surface area contributed by atoms with E-state index < -0.39 is 27.7 Å². The first-order valence-electron chi connectivity index (χ1n) is 11.0. The van der Waals surface area contributed by atoms with Crippen LogP contribution in [0.1, 0.15) is 36.6 Å². The van der Waals surface area contributed by atoms with Crippen molar-refractivity contribution >= 4 is 45.1 Å². The second-order valence-corrected chi connectivity index (χ2v) is 9.83. The van der Waals surface area contributed by atoms with Gasteiger partial charge in [-0.15, -0.1) is 0 Å². The average molecular weight is 514 g/mol. The molecule has 0 aliphatic carbocycles. The highest BCUT2D eigenvalue weighted by Crippen LogP contribution is 2.31. The number of anilines is 3. The van der Waals surface area contributed by atoms with Crippen molar-refractivity contribution < 1.29 is 22.8 Å². The molecule has 0 radical (unpaired) electrons. The number of carbonyl (C=O) groups excluding carboxylic acids is 3. The lowest BCUT2D eigenvalue weighted by Gasteiger charge is -2.16. The SMILES string of the molecule is Cc1ccccc1N1C(=O)c2ccc(C(=O)Nc3ccc(S(=O)(=O)Nc4ncccn4)cc3)cc2C1=O. The highest BCUT2D eigenvalue weighted by Gasteiger charge is 2.37. The standard InChI is InChI=1S/C26H19N5O5S/c1-16-5-2-3-6-22(16)31-24(33)20-12-7-17(15-21(20)25(31)34)23(32)29-18-8-10-19(11-9-18)37(35,36)30-26-27-13-4-14-28-26/h2-15H,1H3,(H,29,32)(H,27,28,30). The zero-order valence-electron chi connectivity index (χ0n) is 19.4. The Labute approximate surface area is 212 Å². The molecule has 0 spiro atoms. The number of nitrogens with zero attached hydrogens (tertiary/aromatic N) is 3. The number of sulfonamides is 1. The smallest absolute Gasteiger partial charge is 0.266 e. The summed E-state index contributed by atoms with van der Waals surface area (Å²) in [5.41, 5.74) is 2.12. The lowest BCUT2D eigenvalue weighted by molar-refractivity contribution is 0.0925. The second kappa shape index (κ2) is 9.28. The fraction of sp³-hybridized carbons (Fsp3) is 0.0385. The van der Waals surface area contributed by atoms with Crippen LogP contribution >= 0.6 is 0 Å². The largest absolute Gasteiger partial charge is 0.322 e. The van der Waals surface area contributed by atoms with E-state index in [2.05, 4.69) is 20.0 Å². The van der Waals surface area contributed by atoms with Crippen LogP contribution < -0.4 is 14.9 Å². The Kier molecular flexibility index (Phi) is 5.98. The van der Waals surface area contributed by atoms with Gasteiger partial charge in [0.2, 0.25) is 5.95 Å². The van der Waals surface area contributed by atoms with Gasteiger partial charge in [-0.25, -0.2) is 28.0 Å². The maximum atomic E-state index is 13.1. The van der Waals surface area contributed by atoms with Gasteiger partial charge in [0.1, 0.15) is 0 Å². The van der Waals surface area contributed by atoms with Gasteiger partial charge in [-0.3, -0.25) is 14.4 Å². The number of aryl methyl sites for hydroxylation is 1. The van der Waals surface area contributed by atoms with Gasteiger partial charge in [0.15, 0.2) is 0 Å². The maximum absolute atomic E-state index is 13.1. The number of imide groups is 1. The molecular weight excluding hydrogens is 494 g/mol. The van der Waals surface area contributed by atoms with Crippen LogP contribution in [0, 0.1) is 6.92 Å². The fourth-order valence-corrected chi connectivity index (χ4v) is 4.82. The number of hydrogen-bond acceptors (Lipinski definition) is 7. The molecule has 184 valence electrons. The fourth-order valence-electron chi connectivity index (χ4n) is 3.87. The zero-order chi connectivity index (χ0) is 26.2. The van der Waals surface area contributed by atoms with Crippen molar-refractivity contribution in [2.75, 3.05) is 14.9 Å². The number of para-hydroxylation sites is 1.